The minimum atomic E-state index is -0.317. The highest BCUT2D eigenvalue weighted by molar-refractivity contribution is 5.45. The summed E-state index contributed by atoms with van der Waals surface area (Å²) in [6, 6.07) is 4.46. The van der Waals surface area contributed by atoms with Gasteiger partial charge in [-0.3, -0.25) is 0 Å². The summed E-state index contributed by atoms with van der Waals surface area (Å²) in [6.45, 7) is 10.6. The van der Waals surface area contributed by atoms with Crippen molar-refractivity contribution in [3.05, 3.63) is 28.8 Å². The van der Waals surface area contributed by atoms with Crippen LogP contribution >= 0.6 is 0 Å². The van der Waals surface area contributed by atoms with Crippen LogP contribution < -0.4 is 15.8 Å². The first-order valence-electron chi connectivity index (χ1n) is 6.87. The number of hydrogen-bond acceptors (Lipinski definition) is 3. The molecule has 3 heteroatoms. The van der Waals surface area contributed by atoms with Crippen LogP contribution in [0.3, 0.4) is 0 Å². The molecule has 0 aliphatic carbocycles. The summed E-state index contributed by atoms with van der Waals surface area (Å²) in [4.78, 5) is 0. The van der Waals surface area contributed by atoms with Gasteiger partial charge in [0, 0.05) is 11.6 Å². The number of nitrogens with one attached hydrogen (secondary N) is 1. The van der Waals surface area contributed by atoms with Gasteiger partial charge in [-0.15, -0.1) is 0 Å². The molecule has 0 saturated heterocycles. The van der Waals surface area contributed by atoms with Crippen LogP contribution in [0.15, 0.2) is 12.1 Å². The number of methoxy groups -OCH3 is 1. The molecule has 1 aromatic carbocycles. The summed E-state index contributed by atoms with van der Waals surface area (Å²) in [6.07, 6.45) is 0. The molecule has 0 heterocycles. The number of hydrogen-bond donors (Lipinski definition) is 2. The quantitative estimate of drug-likeness (QED) is 0.859. The Morgan fingerprint density at radius 1 is 1.21 bits per heavy atom. The molecule has 3 N–H and O–H groups in total. The number of ether oxygens (including phenoxy) is 1. The fourth-order valence-corrected chi connectivity index (χ4v) is 2.58. The largest absolute Gasteiger partial charge is 0.496 e. The summed E-state index contributed by atoms with van der Waals surface area (Å²) >= 11 is 0. The van der Waals surface area contributed by atoms with Gasteiger partial charge >= 0.3 is 0 Å². The van der Waals surface area contributed by atoms with E-state index in [0.717, 1.165) is 5.75 Å². The number of benzene rings is 1. The molecule has 0 saturated carbocycles. The molecule has 19 heavy (non-hydrogen) atoms. The highest BCUT2D eigenvalue weighted by atomic mass is 16.5. The number of aryl methyl sites for hydroxylation is 1. The first-order chi connectivity index (χ1) is 8.72. The van der Waals surface area contributed by atoms with Crippen molar-refractivity contribution in [1.82, 2.24) is 5.32 Å². The van der Waals surface area contributed by atoms with Crippen LogP contribution in [0, 0.1) is 6.92 Å². The second-order valence-electron chi connectivity index (χ2n) is 6.15. The van der Waals surface area contributed by atoms with Crippen molar-refractivity contribution in [2.45, 2.75) is 52.1 Å². The Morgan fingerprint density at radius 3 is 2.16 bits per heavy atom. The van der Waals surface area contributed by atoms with Crippen molar-refractivity contribution in [3.63, 3.8) is 0 Å². The van der Waals surface area contributed by atoms with Crippen LogP contribution in [0.2, 0.25) is 0 Å². The standard InChI is InChI=1S/C16H28N2O/c1-10(2)12-9-13(11(3)8-14(12)19-7)15(18-6)16(4,5)17/h8-10,15,18H,17H2,1-7H3. The van der Waals surface area contributed by atoms with Gasteiger partial charge in [-0.2, -0.15) is 0 Å². The molecule has 0 bridgehead atoms. The van der Waals surface area contributed by atoms with E-state index in [4.69, 9.17) is 10.5 Å². The van der Waals surface area contributed by atoms with Gasteiger partial charge < -0.3 is 15.8 Å². The van der Waals surface area contributed by atoms with E-state index in [9.17, 15) is 0 Å². The van der Waals surface area contributed by atoms with Gasteiger partial charge in [0.25, 0.3) is 0 Å². The molecule has 1 unspecified atom stereocenters. The van der Waals surface area contributed by atoms with Gasteiger partial charge in [0.2, 0.25) is 0 Å². The smallest absolute Gasteiger partial charge is 0.122 e. The zero-order chi connectivity index (χ0) is 14.8. The van der Waals surface area contributed by atoms with E-state index in [1.54, 1.807) is 7.11 Å². The van der Waals surface area contributed by atoms with Gasteiger partial charge in [0.1, 0.15) is 5.75 Å². The molecule has 0 aliphatic heterocycles. The lowest BCUT2D eigenvalue weighted by Gasteiger charge is -2.32. The molecule has 1 aromatic rings. The molecule has 0 aromatic heterocycles. The average Bonchev–Trinajstić information content (AvgIpc) is 2.29. The zero-order valence-electron chi connectivity index (χ0n) is 13.3. The second kappa shape index (κ2) is 5.93. The third-order valence-corrected chi connectivity index (χ3v) is 3.58. The first kappa shape index (κ1) is 16.0. The third-order valence-electron chi connectivity index (χ3n) is 3.58. The molecule has 3 nitrogen and oxygen atoms in total. The molecule has 0 spiro atoms. The highest BCUT2D eigenvalue weighted by Gasteiger charge is 2.27. The van der Waals surface area contributed by atoms with Crippen LogP contribution in [-0.2, 0) is 0 Å². The molecular formula is C16H28N2O. The number of nitrogens with two attached hydrogens (primary N) is 1. The zero-order valence-corrected chi connectivity index (χ0v) is 13.3. The minimum Gasteiger partial charge on any atom is -0.496 e. The summed E-state index contributed by atoms with van der Waals surface area (Å²) in [7, 11) is 3.68. The maximum absolute atomic E-state index is 6.29. The van der Waals surface area contributed by atoms with E-state index < -0.39 is 0 Å². The van der Waals surface area contributed by atoms with E-state index in [2.05, 4.69) is 38.2 Å². The van der Waals surface area contributed by atoms with Crippen molar-refractivity contribution < 1.29 is 4.74 Å². The molecule has 0 fully saturated rings. The molecule has 108 valence electrons. The maximum atomic E-state index is 6.29. The minimum absolute atomic E-state index is 0.121. The van der Waals surface area contributed by atoms with Crippen LogP contribution in [0.1, 0.15) is 56.3 Å². The normalized spacial score (nSPS) is 13.7. The summed E-state index contributed by atoms with van der Waals surface area (Å²) in [5, 5.41) is 3.34. The van der Waals surface area contributed by atoms with Gasteiger partial charge in [0.15, 0.2) is 0 Å². The molecule has 1 atom stereocenters. The SMILES string of the molecule is CNC(c1cc(C(C)C)c(OC)cc1C)C(C)(C)N. The Labute approximate surface area is 117 Å². The second-order valence-corrected chi connectivity index (χ2v) is 6.15. The van der Waals surface area contributed by atoms with Gasteiger partial charge in [-0.05, 0) is 62.6 Å². The Balaban J connectivity index is 3.39. The Kier molecular flexibility index (Phi) is 4.99. The lowest BCUT2D eigenvalue weighted by molar-refractivity contribution is 0.366. The predicted molar refractivity (Wildman–Crippen MR) is 81.9 cm³/mol. The molecular weight excluding hydrogens is 236 g/mol. The van der Waals surface area contributed by atoms with Crippen molar-refractivity contribution in [2.75, 3.05) is 14.2 Å². The van der Waals surface area contributed by atoms with Crippen molar-refractivity contribution in [2.24, 2.45) is 5.73 Å². The van der Waals surface area contributed by atoms with Crippen molar-refractivity contribution >= 4 is 0 Å². The van der Waals surface area contributed by atoms with E-state index in [-0.39, 0.29) is 11.6 Å². The van der Waals surface area contributed by atoms with E-state index >= 15 is 0 Å². The van der Waals surface area contributed by atoms with E-state index in [0.29, 0.717) is 5.92 Å². The molecule has 1 rings (SSSR count). The summed E-state index contributed by atoms with van der Waals surface area (Å²) in [5.41, 5.74) is 9.66. The van der Waals surface area contributed by atoms with Gasteiger partial charge in [-0.1, -0.05) is 13.8 Å². The summed E-state index contributed by atoms with van der Waals surface area (Å²) < 4.78 is 5.49. The van der Waals surface area contributed by atoms with Crippen LogP contribution in [0.25, 0.3) is 0 Å². The lowest BCUT2D eigenvalue weighted by atomic mass is 9.85. The first-order valence-corrected chi connectivity index (χ1v) is 6.87. The number of rotatable bonds is 5. The molecule has 0 radical (unpaired) electrons. The van der Waals surface area contributed by atoms with Crippen LogP contribution in [-0.4, -0.2) is 19.7 Å². The summed E-state index contributed by atoms with van der Waals surface area (Å²) in [5.74, 6) is 1.38. The Hall–Kier alpha value is -1.06. The van der Waals surface area contributed by atoms with Crippen molar-refractivity contribution in [3.8, 4) is 5.75 Å². The molecule has 0 aliphatic rings. The third kappa shape index (κ3) is 3.48. The van der Waals surface area contributed by atoms with E-state index in [1.165, 1.54) is 16.7 Å². The monoisotopic (exact) mass is 264 g/mol. The fourth-order valence-electron chi connectivity index (χ4n) is 2.58. The van der Waals surface area contributed by atoms with Crippen molar-refractivity contribution in [1.29, 1.82) is 0 Å². The van der Waals surface area contributed by atoms with E-state index in [1.807, 2.05) is 20.9 Å². The molecule has 0 amide bonds. The average molecular weight is 264 g/mol. The Bertz CT molecular complexity index is 433. The fraction of sp³-hybridized carbons (Fsp3) is 0.625. The van der Waals surface area contributed by atoms with Crippen LogP contribution in [0.4, 0.5) is 0 Å². The maximum Gasteiger partial charge on any atom is 0.122 e. The van der Waals surface area contributed by atoms with Crippen LogP contribution in [0.5, 0.6) is 5.75 Å². The highest BCUT2D eigenvalue weighted by Crippen LogP contribution is 2.34. The van der Waals surface area contributed by atoms with Gasteiger partial charge in [-0.25, -0.2) is 0 Å². The lowest BCUT2D eigenvalue weighted by Crippen LogP contribution is -2.45. The topological polar surface area (TPSA) is 47.3 Å². The Morgan fingerprint density at radius 2 is 1.79 bits per heavy atom. The predicted octanol–water partition coefficient (Wildman–Crippen LogP) is 3.12. The number of likely N-dealkylation sites (N-methyl/N-ethyl adjacent to an activating group) is 1. The van der Waals surface area contributed by atoms with Gasteiger partial charge in [0.05, 0.1) is 7.11 Å².